The van der Waals surface area contributed by atoms with Crippen LogP contribution in [0.5, 0.6) is 5.75 Å². The number of fused-ring (bicyclic) bond motifs is 1. The molecule has 0 N–H and O–H groups in total. The van der Waals surface area contributed by atoms with E-state index in [-0.39, 0.29) is 23.9 Å². The normalized spacial score (nSPS) is 15.5. The van der Waals surface area contributed by atoms with Gasteiger partial charge in [0.2, 0.25) is 15.9 Å². The summed E-state index contributed by atoms with van der Waals surface area (Å²) in [5.41, 5.74) is 1.75. The van der Waals surface area contributed by atoms with Crippen LogP contribution < -0.4 is 4.74 Å². The number of halogens is 2. The van der Waals surface area contributed by atoms with E-state index in [0.29, 0.717) is 48.4 Å². The lowest BCUT2D eigenvalue weighted by molar-refractivity contribution is -0.133. The average molecular weight is 598 g/mol. The minimum atomic E-state index is -3.96. The molecular formula is C27H30Cl2N2O5S2. The average Bonchev–Trinajstić information content (AvgIpc) is 3.39. The van der Waals surface area contributed by atoms with Crippen molar-refractivity contribution in [2.75, 3.05) is 40.0 Å². The number of carbonyl (C=O) groups excluding carboxylic acids is 1. The van der Waals surface area contributed by atoms with E-state index in [2.05, 4.69) is 0 Å². The third-order valence-corrected chi connectivity index (χ3v) is 9.87. The number of rotatable bonds is 11. The molecule has 7 nitrogen and oxygen atoms in total. The van der Waals surface area contributed by atoms with E-state index in [4.69, 9.17) is 32.7 Å². The van der Waals surface area contributed by atoms with E-state index in [0.717, 1.165) is 11.1 Å². The summed E-state index contributed by atoms with van der Waals surface area (Å²) in [6.45, 7) is 3.10. The number of sulfonamides is 1. The lowest BCUT2D eigenvalue weighted by Gasteiger charge is -2.38. The molecule has 11 heteroatoms. The molecule has 1 aromatic heterocycles. The number of ether oxygens (including phenoxy) is 2. The molecule has 0 saturated carbocycles. The van der Waals surface area contributed by atoms with Crippen LogP contribution in [0.2, 0.25) is 10.0 Å². The van der Waals surface area contributed by atoms with E-state index in [1.807, 2.05) is 24.4 Å². The molecular weight excluding hydrogens is 567 g/mol. The molecule has 1 amide bonds. The Labute approximate surface area is 237 Å². The first-order valence-electron chi connectivity index (χ1n) is 12.3. The zero-order valence-electron chi connectivity index (χ0n) is 21.2. The molecule has 38 heavy (non-hydrogen) atoms. The fraction of sp³-hybridized carbons (Fsp3) is 0.370. The maximum absolute atomic E-state index is 13.9. The van der Waals surface area contributed by atoms with Crippen LogP contribution in [0.3, 0.4) is 0 Å². The number of hydrogen-bond donors (Lipinski definition) is 0. The topological polar surface area (TPSA) is 76.2 Å². The number of benzene rings is 2. The first kappa shape index (κ1) is 28.9. The second-order valence-electron chi connectivity index (χ2n) is 8.77. The quantitative estimate of drug-likeness (QED) is 0.267. The van der Waals surface area contributed by atoms with Crippen LogP contribution in [0, 0.1) is 0 Å². The third-order valence-electron chi connectivity index (χ3n) is 6.45. The Hall–Kier alpha value is -2.14. The zero-order valence-corrected chi connectivity index (χ0v) is 24.4. The summed E-state index contributed by atoms with van der Waals surface area (Å²) in [4.78, 5) is 16.9. The Morgan fingerprint density at radius 3 is 2.58 bits per heavy atom. The molecule has 1 aliphatic rings. The van der Waals surface area contributed by atoms with Crippen molar-refractivity contribution in [2.24, 2.45) is 0 Å². The van der Waals surface area contributed by atoms with Gasteiger partial charge >= 0.3 is 0 Å². The van der Waals surface area contributed by atoms with Crippen molar-refractivity contribution in [3.63, 3.8) is 0 Å². The molecule has 1 atom stereocenters. The van der Waals surface area contributed by atoms with Crippen molar-refractivity contribution in [1.29, 1.82) is 0 Å². The summed E-state index contributed by atoms with van der Waals surface area (Å²) in [5, 5.41) is 2.96. The number of amides is 1. The summed E-state index contributed by atoms with van der Waals surface area (Å²) in [6, 6.07) is 13.0. The van der Waals surface area contributed by atoms with E-state index >= 15 is 0 Å². The molecule has 2 heterocycles. The fourth-order valence-electron chi connectivity index (χ4n) is 4.55. The summed E-state index contributed by atoms with van der Waals surface area (Å²) >= 11 is 14.4. The van der Waals surface area contributed by atoms with E-state index in [1.54, 1.807) is 40.5 Å². The minimum Gasteiger partial charge on any atom is -0.497 e. The number of hydrogen-bond acceptors (Lipinski definition) is 6. The van der Waals surface area contributed by atoms with Gasteiger partial charge in [-0.25, -0.2) is 8.42 Å². The molecule has 0 spiro atoms. The lowest BCUT2D eigenvalue weighted by Crippen LogP contribution is -2.47. The van der Waals surface area contributed by atoms with Gasteiger partial charge in [-0.3, -0.25) is 4.79 Å². The maximum Gasteiger partial charge on any atom is 0.243 e. The first-order valence-corrected chi connectivity index (χ1v) is 15.4. The third kappa shape index (κ3) is 6.35. The Balaban J connectivity index is 1.65. The van der Waals surface area contributed by atoms with Crippen LogP contribution in [0.15, 0.2) is 58.8 Å². The monoisotopic (exact) mass is 596 g/mol. The molecule has 0 saturated heterocycles. The Bertz CT molecular complexity index is 1360. The van der Waals surface area contributed by atoms with Crippen LogP contribution in [-0.2, 0) is 26.0 Å². The maximum atomic E-state index is 13.9. The van der Waals surface area contributed by atoms with Gasteiger partial charge in [-0.05, 0) is 78.7 Å². The van der Waals surface area contributed by atoms with Crippen molar-refractivity contribution in [2.45, 2.75) is 30.7 Å². The van der Waals surface area contributed by atoms with Crippen LogP contribution in [0.1, 0.15) is 35.4 Å². The van der Waals surface area contributed by atoms with Crippen LogP contribution >= 0.6 is 34.5 Å². The molecule has 0 fully saturated rings. The standard InChI is InChI=1S/C27H30Cl2N2O5S2/c1-3-36-15-4-13-30(38(33,34)21-8-6-20(35-2)7-9-21)18-26(32)31-14-11-25-23(12-16-37-25)27(31)22-10-5-19(28)17-24(22)29/h5-10,12,16-17,27H,3-4,11,13-15,18H2,1-2H3. The predicted molar refractivity (Wildman–Crippen MR) is 151 cm³/mol. The van der Waals surface area contributed by atoms with Gasteiger partial charge in [-0.2, -0.15) is 4.31 Å². The second-order valence-corrected chi connectivity index (χ2v) is 12.6. The molecule has 0 bridgehead atoms. The van der Waals surface area contributed by atoms with E-state index in [1.165, 1.54) is 28.4 Å². The van der Waals surface area contributed by atoms with Crippen LogP contribution in [0.4, 0.5) is 0 Å². The van der Waals surface area contributed by atoms with Gasteiger partial charge < -0.3 is 14.4 Å². The van der Waals surface area contributed by atoms with Crippen molar-refractivity contribution in [1.82, 2.24) is 9.21 Å². The number of thiophene rings is 1. The summed E-state index contributed by atoms with van der Waals surface area (Å²) in [5.74, 6) is 0.247. The van der Waals surface area contributed by atoms with Crippen molar-refractivity contribution in [3.05, 3.63) is 80.0 Å². The highest BCUT2D eigenvalue weighted by Crippen LogP contribution is 2.41. The van der Waals surface area contributed by atoms with Gasteiger partial charge in [-0.1, -0.05) is 29.3 Å². The van der Waals surface area contributed by atoms with Gasteiger partial charge in [-0.15, -0.1) is 11.3 Å². The van der Waals surface area contributed by atoms with E-state index in [9.17, 15) is 13.2 Å². The molecule has 2 aromatic carbocycles. The molecule has 4 rings (SSSR count). The molecule has 204 valence electrons. The first-order chi connectivity index (χ1) is 18.3. The smallest absolute Gasteiger partial charge is 0.243 e. The Morgan fingerprint density at radius 2 is 1.89 bits per heavy atom. The number of nitrogens with zero attached hydrogens (tertiary/aromatic N) is 2. The zero-order chi connectivity index (χ0) is 27.3. The van der Waals surface area contributed by atoms with Crippen molar-refractivity contribution in [3.8, 4) is 5.75 Å². The van der Waals surface area contributed by atoms with Gasteiger partial charge in [0.05, 0.1) is 24.6 Å². The molecule has 1 unspecified atom stereocenters. The highest BCUT2D eigenvalue weighted by atomic mass is 35.5. The van der Waals surface area contributed by atoms with Gasteiger partial charge in [0.25, 0.3) is 0 Å². The molecule has 0 aliphatic carbocycles. The van der Waals surface area contributed by atoms with Gasteiger partial charge in [0.15, 0.2) is 0 Å². The van der Waals surface area contributed by atoms with Crippen LogP contribution in [0.25, 0.3) is 0 Å². The molecule has 0 radical (unpaired) electrons. The Morgan fingerprint density at radius 1 is 1.13 bits per heavy atom. The van der Waals surface area contributed by atoms with Crippen molar-refractivity contribution < 1.29 is 22.7 Å². The minimum absolute atomic E-state index is 0.0959. The summed E-state index contributed by atoms with van der Waals surface area (Å²) in [6.07, 6.45) is 1.15. The van der Waals surface area contributed by atoms with Crippen LogP contribution in [-0.4, -0.2) is 63.5 Å². The number of methoxy groups -OCH3 is 1. The fourth-order valence-corrected chi connectivity index (χ4v) is 7.40. The van der Waals surface area contributed by atoms with E-state index < -0.39 is 16.1 Å². The SMILES string of the molecule is CCOCCCN(CC(=O)N1CCc2sccc2C1c1ccc(Cl)cc1Cl)S(=O)(=O)c1ccc(OC)cc1. The Kier molecular flexibility index (Phi) is 9.73. The lowest BCUT2D eigenvalue weighted by atomic mass is 9.93. The molecule has 1 aliphatic heterocycles. The number of carbonyl (C=O) groups is 1. The predicted octanol–water partition coefficient (Wildman–Crippen LogP) is 5.66. The summed E-state index contributed by atoms with van der Waals surface area (Å²) < 4.78 is 39.1. The highest BCUT2D eigenvalue weighted by Gasteiger charge is 2.36. The van der Waals surface area contributed by atoms with Gasteiger partial charge in [0, 0.05) is 41.2 Å². The largest absolute Gasteiger partial charge is 0.497 e. The van der Waals surface area contributed by atoms with Gasteiger partial charge in [0.1, 0.15) is 5.75 Å². The van der Waals surface area contributed by atoms with Crippen molar-refractivity contribution >= 4 is 50.5 Å². The highest BCUT2D eigenvalue weighted by molar-refractivity contribution is 7.89. The summed E-state index contributed by atoms with van der Waals surface area (Å²) in [7, 11) is -2.44. The second kappa shape index (κ2) is 12.8. The molecule has 3 aromatic rings.